The van der Waals surface area contributed by atoms with Gasteiger partial charge in [-0.1, -0.05) is 29.5 Å². The zero-order valence-electron chi connectivity index (χ0n) is 10.7. The molecule has 1 fully saturated rings. The Morgan fingerprint density at radius 2 is 2.37 bits per heavy atom. The van der Waals surface area contributed by atoms with Crippen LogP contribution >= 0.6 is 34.9 Å². The van der Waals surface area contributed by atoms with Gasteiger partial charge in [0, 0.05) is 11.3 Å². The van der Waals surface area contributed by atoms with Gasteiger partial charge < -0.3 is 10.4 Å². The third-order valence-electron chi connectivity index (χ3n) is 3.01. The van der Waals surface area contributed by atoms with Crippen molar-refractivity contribution >= 4 is 46.0 Å². The van der Waals surface area contributed by atoms with Crippen molar-refractivity contribution in [1.82, 2.24) is 10.2 Å². The molecule has 5 nitrogen and oxygen atoms in total. The highest BCUT2D eigenvalue weighted by molar-refractivity contribution is 8.01. The van der Waals surface area contributed by atoms with Crippen LogP contribution in [0, 0.1) is 0 Å². The number of aliphatic carboxylic acids is 1. The first-order valence-electron chi connectivity index (χ1n) is 6.15. The first kappa shape index (κ1) is 14.9. The fourth-order valence-electron chi connectivity index (χ4n) is 2.11. The second-order valence-electron chi connectivity index (χ2n) is 4.42. The lowest BCUT2D eigenvalue weighted by Crippen LogP contribution is -2.28. The monoisotopic (exact) mass is 319 g/mol. The molecule has 1 aromatic rings. The van der Waals surface area contributed by atoms with Crippen LogP contribution < -0.4 is 5.32 Å². The van der Waals surface area contributed by atoms with E-state index in [1.807, 2.05) is 11.8 Å². The maximum Gasteiger partial charge on any atom is 0.313 e. The highest BCUT2D eigenvalue weighted by Gasteiger charge is 2.22. The molecule has 1 aliphatic carbocycles. The highest BCUT2D eigenvalue weighted by atomic mass is 32.2. The van der Waals surface area contributed by atoms with Gasteiger partial charge in [-0.05, 0) is 25.5 Å². The van der Waals surface area contributed by atoms with E-state index >= 15 is 0 Å². The fourth-order valence-corrected chi connectivity index (χ4v) is 4.49. The van der Waals surface area contributed by atoms with Gasteiger partial charge in [-0.3, -0.25) is 4.79 Å². The van der Waals surface area contributed by atoms with Gasteiger partial charge in [-0.2, -0.15) is 11.8 Å². The zero-order chi connectivity index (χ0) is 13.7. The second-order valence-corrected chi connectivity index (χ2v) is 7.76. The fraction of sp³-hybridized carbons (Fsp3) is 0.727. The van der Waals surface area contributed by atoms with Crippen LogP contribution in [0.5, 0.6) is 0 Å². The van der Waals surface area contributed by atoms with E-state index in [2.05, 4.69) is 21.8 Å². The molecule has 1 aromatic heterocycles. The van der Waals surface area contributed by atoms with Crippen molar-refractivity contribution in [3.63, 3.8) is 0 Å². The molecule has 0 amide bonds. The smallest absolute Gasteiger partial charge is 0.313 e. The summed E-state index contributed by atoms with van der Waals surface area (Å²) in [6.07, 6.45) is 7.06. The van der Waals surface area contributed by atoms with E-state index in [9.17, 15) is 4.79 Å². The maximum atomic E-state index is 10.5. The van der Waals surface area contributed by atoms with Gasteiger partial charge >= 0.3 is 5.97 Å². The summed E-state index contributed by atoms with van der Waals surface area (Å²) >= 11 is 4.59. The first-order valence-corrected chi connectivity index (χ1v) is 9.24. The highest BCUT2D eigenvalue weighted by Crippen LogP contribution is 2.31. The van der Waals surface area contributed by atoms with E-state index in [0.717, 1.165) is 10.4 Å². The van der Waals surface area contributed by atoms with Crippen molar-refractivity contribution in [1.29, 1.82) is 0 Å². The van der Waals surface area contributed by atoms with Gasteiger partial charge in [-0.25, -0.2) is 0 Å². The molecule has 1 aliphatic rings. The molecule has 0 radical (unpaired) electrons. The molecule has 1 heterocycles. The number of hydrogen-bond donors (Lipinski definition) is 2. The molecule has 106 valence electrons. The summed E-state index contributed by atoms with van der Waals surface area (Å²) in [5.74, 6) is -0.795. The number of thioether (sulfide) groups is 2. The van der Waals surface area contributed by atoms with Crippen molar-refractivity contribution in [2.45, 2.75) is 41.3 Å². The van der Waals surface area contributed by atoms with E-state index in [-0.39, 0.29) is 5.75 Å². The van der Waals surface area contributed by atoms with Crippen molar-refractivity contribution in [2.75, 3.05) is 17.3 Å². The Morgan fingerprint density at radius 3 is 3.11 bits per heavy atom. The Bertz CT molecular complexity index is 427. The molecule has 2 unspecified atom stereocenters. The summed E-state index contributed by atoms with van der Waals surface area (Å²) in [5, 5.41) is 21.7. The van der Waals surface area contributed by atoms with Crippen LogP contribution in [-0.4, -0.2) is 44.6 Å². The third-order valence-corrected chi connectivity index (χ3v) is 6.08. The molecule has 19 heavy (non-hydrogen) atoms. The summed E-state index contributed by atoms with van der Waals surface area (Å²) < 4.78 is 0.710. The Morgan fingerprint density at radius 1 is 1.53 bits per heavy atom. The van der Waals surface area contributed by atoms with Gasteiger partial charge in [0.15, 0.2) is 4.34 Å². The van der Waals surface area contributed by atoms with Crippen molar-refractivity contribution in [3.05, 3.63) is 0 Å². The van der Waals surface area contributed by atoms with Crippen LogP contribution in [0.25, 0.3) is 0 Å². The number of hydrogen-bond acceptors (Lipinski definition) is 7. The average Bonchev–Trinajstić information content (AvgIpc) is 2.84. The first-order chi connectivity index (χ1) is 9.17. The number of carboxylic acid groups (broad SMARTS) is 1. The van der Waals surface area contributed by atoms with E-state index < -0.39 is 5.97 Å². The normalized spacial score (nSPS) is 23.2. The lowest BCUT2D eigenvalue weighted by Gasteiger charge is -2.28. The van der Waals surface area contributed by atoms with Crippen LogP contribution in [0.4, 0.5) is 5.13 Å². The van der Waals surface area contributed by atoms with Crippen molar-refractivity contribution < 1.29 is 9.90 Å². The van der Waals surface area contributed by atoms with Gasteiger partial charge in [0.1, 0.15) is 0 Å². The SMILES string of the molecule is CSC1CCCC(Nc2nnc(SCC(=O)O)s2)C1. The molecular weight excluding hydrogens is 302 g/mol. The van der Waals surface area contributed by atoms with Crippen LogP contribution in [0.15, 0.2) is 4.34 Å². The molecule has 2 atom stereocenters. The molecule has 2 rings (SSSR count). The summed E-state index contributed by atoms with van der Waals surface area (Å²) in [6.45, 7) is 0. The van der Waals surface area contributed by atoms with Gasteiger partial charge in [-0.15, -0.1) is 10.2 Å². The molecule has 8 heteroatoms. The summed E-state index contributed by atoms with van der Waals surface area (Å²) in [6, 6.07) is 0.469. The molecule has 1 saturated carbocycles. The average molecular weight is 319 g/mol. The van der Waals surface area contributed by atoms with Crippen LogP contribution in [0.3, 0.4) is 0 Å². The molecule has 0 aliphatic heterocycles. The molecule has 0 aromatic carbocycles. The Balaban J connectivity index is 1.83. The van der Waals surface area contributed by atoms with Crippen LogP contribution in [0.2, 0.25) is 0 Å². The number of aromatic nitrogens is 2. The molecule has 2 N–H and O–H groups in total. The molecule has 0 bridgehead atoms. The second kappa shape index (κ2) is 7.35. The summed E-state index contributed by atoms with van der Waals surface area (Å²) in [5.41, 5.74) is 0. The lowest BCUT2D eigenvalue weighted by atomic mass is 9.95. The lowest BCUT2D eigenvalue weighted by molar-refractivity contribution is -0.133. The van der Waals surface area contributed by atoms with Gasteiger partial charge in [0.2, 0.25) is 5.13 Å². The minimum atomic E-state index is -0.829. The standard InChI is InChI=1S/C11H17N3O2S3/c1-17-8-4-2-3-7(5-8)12-10-13-14-11(19-10)18-6-9(15)16/h7-8H,2-6H2,1H3,(H,12,13)(H,15,16). The summed E-state index contributed by atoms with van der Waals surface area (Å²) in [4.78, 5) is 10.5. The maximum absolute atomic E-state index is 10.5. The summed E-state index contributed by atoms with van der Waals surface area (Å²) in [7, 11) is 0. The Labute approximate surface area is 125 Å². The quantitative estimate of drug-likeness (QED) is 0.781. The van der Waals surface area contributed by atoms with E-state index in [1.165, 1.54) is 48.8 Å². The Kier molecular flexibility index (Phi) is 5.77. The van der Waals surface area contributed by atoms with E-state index in [4.69, 9.17) is 5.11 Å². The largest absolute Gasteiger partial charge is 0.481 e. The number of anilines is 1. The van der Waals surface area contributed by atoms with E-state index in [1.54, 1.807) is 0 Å². The number of nitrogens with one attached hydrogen (secondary N) is 1. The number of nitrogens with zero attached hydrogens (tertiary/aromatic N) is 2. The van der Waals surface area contributed by atoms with Crippen LogP contribution in [0.1, 0.15) is 25.7 Å². The van der Waals surface area contributed by atoms with Gasteiger partial charge in [0.25, 0.3) is 0 Å². The topological polar surface area (TPSA) is 75.1 Å². The van der Waals surface area contributed by atoms with Crippen molar-refractivity contribution in [3.8, 4) is 0 Å². The predicted molar refractivity (Wildman–Crippen MR) is 81.5 cm³/mol. The molecule has 0 saturated heterocycles. The zero-order valence-corrected chi connectivity index (χ0v) is 13.1. The van der Waals surface area contributed by atoms with Crippen molar-refractivity contribution in [2.24, 2.45) is 0 Å². The van der Waals surface area contributed by atoms with E-state index in [0.29, 0.717) is 10.4 Å². The number of carboxylic acids is 1. The number of rotatable bonds is 6. The predicted octanol–water partition coefficient (Wildman–Crippen LogP) is 2.80. The van der Waals surface area contributed by atoms with Gasteiger partial charge in [0.05, 0.1) is 5.75 Å². The minimum Gasteiger partial charge on any atom is -0.481 e. The third kappa shape index (κ3) is 4.85. The minimum absolute atomic E-state index is 0.0343. The molecule has 0 spiro atoms. The number of carbonyl (C=O) groups is 1. The van der Waals surface area contributed by atoms with Crippen LogP contribution in [-0.2, 0) is 4.79 Å². The molecular formula is C11H17N3O2S3. The Hall–Kier alpha value is -0.470.